The van der Waals surface area contributed by atoms with Crippen molar-refractivity contribution in [3.63, 3.8) is 0 Å². The van der Waals surface area contributed by atoms with E-state index in [-0.39, 0.29) is 5.54 Å². The average molecular weight is 121 g/mol. The van der Waals surface area contributed by atoms with Crippen LogP contribution in [0, 0.1) is 0 Å². The lowest BCUT2D eigenvalue weighted by Gasteiger charge is -2.07. The maximum Gasteiger partial charge on any atom is 0.0741 e. The lowest BCUT2D eigenvalue weighted by Crippen LogP contribution is -2.07. The molecule has 9 heavy (non-hydrogen) atoms. The lowest BCUT2D eigenvalue weighted by atomic mass is 10.1. The van der Waals surface area contributed by atoms with Gasteiger partial charge in [-0.2, -0.15) is 0 Å². The van der Waals surface area contributed by atoms with Gasteiger partial charge in [0, 0.05) is 6.21 Å². The van der Waals surface area contributed by atoms with Crippen LogP contribution in [0.2, 0.25) is 0 Å². The van der Waals surface area contributed by atoms with E-state index in [1.54, 1.807) is 0 Å². The molecule has 0 N–H and O–H groups in total. The van der Waals surface area contributed by atoms with E-state index in [0.717, 1.165) is 5.57 Å². The number of allylic oxidation sites excluding steroid dienone is 2. The number of nitrogens with zero attached hydrogens (tertiary/aromatic N) is 1. The molecule has 0 radical (unpaired) electrons. The third kappa shape index (κ3) is 1.28. The van der Waals surface area contributed by atoms with Gasteiger partial charge in [-0.1, -0.05) is 12.7 Å². The Hall–Kier alpha value is -0.850. The highest BCUT2D eigenvalue weighted by Crippen LogP contribution is 2.18. The minimum atomic E-state index is 0.00350. The fourth-order valence-corrected chi connectivity index (χ4v) is 0.835. The zero-order chi connectivity index (χ0) is 6.91. The Balaban J connectivity index is 2.86. The average Bonchev–Trinajstić information content (AvgIpc) is 2.10. The van der Waals surface area contributed by atoms with Crippen LogP contribution in [0.4, 0.5) is 0 Å². The summed E-state index contributed by atoms with van der Waals surface area (Å²) >= 11 is 0. The fourth-order valence-electron chi connectivity index (χ4n) is 0.835. The molecule has 1 aliphatic rings. The van der Waals surface area contributed by atoms with Crippen molar-refractivity contribution in [2.45, 2.75) is 19.4 Å². The van der Waals surface area contributed by atoms with Gasteiger partial charge in [-0.15, -0.1) is 0 Å². The molecule has 1 aliphatic heterocycles. The molecular weight excluding hydrogens is 110 g/mol. The number of rotatable bonds is 1. The molecule has 0 saturated heterocycles. The van der Waals surface area contributed by atoms with E-state index in [4.69, 9.17) is 0 Å². The van der Waals surface area contributed by atoms with Crippen LogP contribution >= 0.6 is 0 Å². The van der Waals surface area contributed by atoms with Crippen LogP contribution in [-0.2, 0) is 0 Å². The van der Waals surface area contributed by atoms with Crippen molar-refractivity contribution in [3.8, 4) is 0 Å². The van der Waals surface area contributed by atoms with Crippen LogP contribution in [0.25, 0.3) is 0 Å². The summed E-state index contributed by atoms with van der Waals surface area (Å²) in [4.78, 5) is 4.23. The van der Waals surface area contributed by atoms with E-state index in [1.165, 1.54) is 0 Å². The van der Waals surface area contributed by atoms with Gasteiger partial charge in [0.2, 0.25) is 0 Å². The Bertz CT molecular complexity index is 185. The summed E-state index contributed by atoms with van der Waals surface area (Å²) in [7, 11) is 0. The standard InChI is InChI=1S/C8H11N/c1-4-7-5-8(2,3)9-6-7/h4-6H,1H2,2-3H3. The number of aliphatic imine (C=N–C) groups is 1. The quantitative estimate of drug-likeness (QED) is 0.503. The summed E-state index contributed by atoms with van der Waals surface area (Å²) in [5.41, 5.74) is 1.13. The van der Waals surface area contributed by atoms with Gasteiger partial charge in [-0.3, -0.25) is 4.99 Å². The van der Waals surface area contributed by atoms with E-state index in [0.29, 0.717) is 0 Å². The molecule has 0 atom stereocenters. The molecular formula is C8H11N. The predicted octanol–water partition coefficient (Wildman–Crippen LogP) is 1.96. The van der Waals surface area contributed by atoms with Gasteiger partial charge >= 0.3 is 0 Å². The summed E-state index contributed by atoms with van der Waals surface area (Å²) in [6, 6.07) is 0. The topological polar surface area (TPSA) is 12.4 Å². The van der Waals surface area contributed by atoms with Crippen molar-refractivity contribution in [2.24, 2.45) is 4.99 Å². The third-order valence-corrected chi connectivity index (χ3v) is 1.30. The van der Waals surface area contributed by atoms with E-state index in [1.807, 2.05) is 12.3 Å². The molecule has 0 aromatic heterocycles. The summed E-state index contributed by atoms with van der Waals surface area (Å²) < 4.78 is 0. The van der Waals surface area contributed by atoms with E-state index in [2.05, 4.69) is 31.5 Å². The maximum atomic E-state index is 4.23. The van der Waals surface area contributed by atoms with E-state index < -0.39 is 0 Å². The first-order valence-electron chi connectivity index (χ1n) is 3.04. The molecule has 0 fully saturated rings. The molecule has 0 unspecified atom stereocenters. The maximum absolute atomic E-state index is 4.23. The van der Waals surface area contributed by atoms with Crippen LogP contribution in [0.1, 0.15) is 13.8 Å². The summed E-state index contributed by atoms with van der Waals surface area (Å²) in [5.74, 6) is 0. The first-order valence-corrected chi connectivity index (χ1v) is 3.04. The molecule has 0 spiro atoms. The number of hydrogen-bond donors (Lipinski definition) is 0. The van der Waals surface area contributed by atoms with Crippen LogP contribution < -0.4 is 0 Å². The van der Waals surface area contributed by atoms with Crippen molar-refractivity contribution in [3.05, 3.63) is 24.3 Å². The van der Waals surface area contributed by atoms with E-state index >= 15 is 0 Å². The second kappa shape index (κ2) is 1.83. The molecule has 0 bridgehead atoms. The monoisotopic (exact) mass is 121 g/mol. The van der Waals surface area contributed by atoms with Gasteiger partial charge in [0.05, 0.1) is 5.54 Å². The molecule has 0 aromatic carbocycles. The largest absolute Gasteiger partial charge is 0.282 e. The van der Waals surface area contributed by atoms with Crippen molar-refractivity contribution < 1.29 is 0 Å². The van der Waals surface area contributed by atoms with Crippen molar-refractivity contribution in [1.29, 1.82) is 0 Å². The Morgan fingerprint density at radius 1 is 1.67 bits per heavy atom. The van der Waals surface area contributed by atoms with Crippen LogP contribution in [0.3, 0.4) is 0 Å². The molecule has 0 aromatic rings. The van der Waals surface area contributed by atoms with Gasteiger partial charge in [0.15, 0.2) is 0 Å². The van der Waals surface area contributed by atoms with Gasteiger partial charge in [-0.05, 0) is 25.5 Å². The molecule has 1 rings (SSSR count). The SMILES string of the molecule is C=CC1=CC(C)(C)N=C1. The number of hydrogen-bond acceptors (Lipinski definition) is 1. The Kier molecular flexibility index (Phi) is 1.28. The zero-order valence-corrected chi connectivity index (χ0v) is 5.89. The molecule has 1 heteroatoms. The third-order valence-electron chi connectivity index (χ3n) is 1.30. The summed E-state index contributed by atoms with van der Waals surface area (Å²) in [6.07, 6.45) is 5.77. The zero-order valence-electron chi connectivity index (χ0n) is 5.89. The Labute approximate surface area is 55.8 Å². The lowest BCUT2D eigenvalue weighted by molar-refractivity contribution is 0.671. The summed E-state index contributed by atoms with van der Waals surface area (Å²) in [6.45, 7) is 7.79. The highest BCUT2D eigenvalue weighted by Gasteiger charge is 2.15. The molecule has 1 nitrogen and oxygen atoms in total. The van der Waals surface area contributed by atoms with Gasteiger partial charge in [0.25, 0.3) is 0 Å². The summed E-state index contributed by atoms with van der Waals surface area (Å²) in [5, 5.41) is 0. The van der Waals surface area contributed by atoms with Gasteiger partial charge in [-0.25, -0.2) is 0 Å². The second-order valence-electron chi connectivity index (χ2n) is 2.76. The first-order chi connectivity index (χ1) is 4.14. The molecule has 0 amide bonds. The van der Waals surface area contributed by atoms with Crippen molar-refractivity contribution >= 4 is 6.21 Å². The van der Waals surface area contributed by atoms with Crippen LogP contribution in [0.5, 0.6) is 0 Å². The molecule has 48 valence electrons. The Morgan fingerprint density at radius 3 is 2.56 bits per heavy atom. The fraction of sp³-hybridized carbons (Fsp3) is 0.375. The predicted molar refractivity (Wildman–Crippen MR) is 40.9 cm³/mol. The minimum Gasteiger partial charge on any atom is -0.282 e. The van der Waals surface area contributed by atoms with Gasteiger partial charge in [0.1, 0.15) is 0 Å². The van der Waals surface area contributed by atoms with Crippen molar-refractivity contribution in [2.75, 3.05) is 0 Å². The van der Waals surface area contributed by atoms with Crippen LogP contribution in [-0.4, -0.2) is 11.8 Å². The smallest absolute Gasteiger partial charge is 0.0741 e. The van der Waals surface area contributed by atoms with Crippen molar-refractivity contribution in [1.82, 2.24) is 0 Å². The first kappa shape index (κ1) is 6.27. The minimum absolute atomic E-state index is 0.00350. The normalized spacial score (nSPS) is 21.8. The van der Waals surface area contributed by atoms with Gasteiger partial charge < -0.3 is 0 Å². The highest BCUT2D eigenvalue weighted by molar-refractivity contribution is 5.85. The molecule has 1 heterocycles. The molecule has 0 aliphatic carbocycles. The van der Waals surface area contributed by atoms with E-state index in [9.17, 15) is 0 Å². The Morgan fingerprint density at radius 2 is 2.33 bits per heavy atom. The molecule has 0 saturated carbocycles. The highest BCUT2D eigenvalue weighted by atomic mass is 14.8. The van der Waals surface area contributed by atoms with Crippen LogP contribution in [0.15, 0.2) is 29.3 Å². The second-order valence-corrected chi connectivity index (χ2v) is 2.76.